The van der Waals surface area contributed by atoms with Gasteiger partial charge in [-0.25, -0.2) is 0 Å². The van der Waals surface area contributed by atoms with Gasteiger partial charge < -0.3 is 20.1 Å². The van der Waals surface area contributed by atoms with E-state index >= 15 is 0 Å². The number of benzene rings is 2. The minimum atomic E-state index is -0.565. The van der Waals surface area contributed by atoms with Crippen molar-refractivity contribution >= 4 is 29.0 Å². The second-order valence-corrected chi connectivity index (χ2v) is 6.36. The highest BCUT2D eigenvalue weighted by Crippen LogP contribution is 2.34. The highest BCUT2D eigenvalue weighted by Gasteiger charge is 2.29. The first-order chi connectivity index (χ1) is 12.8. The van der Waals surface area contributed by atoms with Crippen LogP contribution >= 0.6 is 0 Å². The van der Waals surface area contributed by atoms with Gasteiger partial charge in [0.05, 0.1) is 5.69 Å². The maximum Gasteiger partial charge on any atom is 0.267 e. The molecular formula is C20H20N2O5. The average molecular weight is 368 g/mol. The Bertz CT molecular complexity index is 909. The molecule has 0 spiro atoms. The third-order valence-corrected chi connectivity index (χ3v) is 4.33. The molecule has 0 bridgehead atoms. The molecule has 140 valence electrons. The molecule has 7 nitrogen and oxygen atoms in total. The number of anilines is 2. The molecule has 0 aliphatic carbocycles. The quantitative estimate of drug-likeness (QED) is 0.791. The Kier molecular flexibility index (Phi) is 5.12. The Morgan fingerprint density at radius 1 is 1.19 bits per heavy atom. The van der Waals surface area contributed by atoms with Gasteiger partial charge in [-0.3, -0.25) is 14.4 Å². The number of amides is 2. The van der Waals surface area contributed by atoms with Gasteiger partial charge in [0.1, 0.15) is 11.5 Å². The lowest BCUT2D eigenvalue weighted by molar-refractivity contribution is -0.125. The highest BCUT2D eigenvalue weighted by molar-refractivity contribution is 6.04. The van der Waals surface area contributed by atoms with Crippen LogP contribution in [0.5, 0.6) is 11.5 Å². The van der Waals surface area contributed by atoms with Gasteiger partial charge in [-0.1, -0.05) is 6.07 Å². The number of phenols is 1. The number of likely N-dealkylation sites (N-methyl/N-ethyl adjacent to an activating group) is 1. The molecule has 1 heterocycles. The van der Waals surface area contributed by atoms with Crippen molar-refractivity contribution in [3.63, 3.8) is 0 Å². The number of hydrogen-bond donors (Lipinski definition) is 2. The molecule has 2 N–H and O–H groups in total. The molecule has 1 aliphatic rings. The minimum Gasteiger partial charge on any atom is -0.508 e. The molecule has 7 heteroatoms. The largest absolute Gasteiger partial charge is 0.508 e. The van der Waals surface area contributed by atoms with Crippen molar-refractivity contribution in [1.29, 1.82) is 0 Å². The number of carbonyl (C=O) groups excluding carboxylic acids is 3. The van der Waals surface area contributed by atoms with Crippen molar-refractivity contribution in [2.75, 3.05) is 17.3 Å². The number of rotatable bonds is 5. The molecule has 27 heavy (non-hydrogen) atoms. The Hall–Kier alpha value is -3.35. The van der Waals surface area contributed by atoms with E-state index in [1.807, 2.05) is 0 Å². The van der Waals surface area contributed by atoms with E-state index < -0.39 is 6.10 Å². The fourth-order valence-corrected chi connectivity index (χ4v) is 2.86. The Morgan fingerprint density at radius 2 is 1.96 bits per heavy atom. The molecule has 2 aromatic carbocycles. The van der Waals surface area contributed by atoms with Crippen molar-refractivity contribution in [3.05, 3.63) is 48.0 Å². The Balaban J connectivity index is 1.63. The number of carbonyl (C=O) groups is 3. The molecule has 0 aromatic heterocycles. The van der Waals surface area contributed by atoms with Gasteiger partial charge in [0, 0.05) is 37.2 Å². The molecule has 0 saturated heterocycles. The molecule has 2 aromatic rings. The van der Waals surface area contributed by atoms with Gasteiger partial charge in [0.25, 0.3) is 5.91 Å². The number of hydrogen-bond acceptors (Lipinski definition) is 5. The van der Waals surface area contributed by atoms with E-state index in [9.17, 15) is 19.5 Å². The number of ether oxygens (including phenoxy) is 1. The molecule has 1 unspecified atom stereocenters. The molecule has 3 rings (SSSR count). The van der Waals surface area contributed by atoms with Crippen LogP contribution in [0, 0.1) is 0 Å². The normalized spacial score (nSPS) is 15.7. The predicted octanol–water partition coefficient (Wildman–Crippen LogP) is 2.74. The summed E-state index contributed by atoms with van der Waals surface area (Å²) in [5.74, 6) is -0.117. The number of phenolic OH excluding ortho intramolecular Hbond substituents is 1. The van der Waals surface area contributed by atoms with Crippen molar-refractivity contribution in [2.45, 2.75) is 25.9 Å². The van der Waals surface area contributed by atoms with Crippen molar-refractivity contribution in [3.8, 4) is 11.5 Å². The van der Waals surface area contributed by atoms with E-state index in [4.69, 9.17) is 4.74 Å². The fourth-order valence-electron chi connectivity index (χ4n) is 2.86. The maximum atomic E-state index is 12.4. The molecule has 1 atom stereocenters. The number of nitrogens with zero attached hydrogens (tertiary/aromatic N) is 1. The van der Waals surface area contributed by atoms with Crippen LogP contribution in [0.4, 0.5) is 11.4 Å². The monoisotopic (exact) mass is 368 g/mol. The zero-order chi connectivity index (χ0) is 19.6. The second-order valence-electron chi connectivity index (χ2n) is 6.36. The van der Waals surface area contributed by atoms with E-state index in [0.717, 1.165) is 0 Å². The third kappa shape index (κ3) is 4.08. The second kappa shape index (κ2) is 7.49. The van der Waals surface area contributed by atoms with E-state index in [2.05, 4.69) is 5.32 Å². The minimum absolute atomic E-state index is 0.00782. The predicted molar refractivity (Wildman–Crippen MR) is 100 cm³/mol. The lowest BCUT2D eigenvalue weighted by atomic mass is 10.0. The first-order valence-electron chi connectivity index (χ1n) is 8.55. The van der Waals surface area contributed by atoms with Crippen LogP contribution in [0.1, 0.15) is 30.1 Å². The summed E-state index contributed by atoms with van der Waals surface area (Å²) in [5.41, 5.74) is 1.41. The summed E-state index contributed by atoms with van der Waals surface area (Å²) >= 11 is 0. The van der Waals surface area contributed by atoms with E-state index in [1.165, 1.54) is 17.0 Å². The van der Waals surface area contributed by atoms with E-state index in [-0.39, 0.29) is 36.2 Å². The lowest BCUT2D eigenvalue weighted by Gasteiger charge is -2.30. The van der Waals surface area contributed by atoms with Crippen molar-refractivity contribution in [2.24, 2.45) is 0 Å². The summed E-state index contributed by atoms with van der Waals surface area (Å²) in [4.78, 5) is 37.9. The van der Waals surface area contributed by atoms with E-state index in [0.29, 0.717) is 22.7 Å². The first kappa shape index (κ1) is 18.4. The van der Waals surface area contributed by atoms with Gasteiger partial charge in [-0.2, -0.15) is 0 Å². The molecule has 2 amide bonds. The van der Waals surface area contributed by atoms with Gasteiger partial charge >= 0.3 is 0 Å². The number of Topliss-reactive ketones (excluding diaryl/α,β-unsaturated/α-hetero) is 1. The molecule has 0 fully saturated rings. The first-order valence-corrected chi connectivity index (χ1v) is 8.55. The highest BCUT2D eigenvalue weighted by atomic mass is 16.5. The summed E-state index contributed by atoms with van der Waals surface area (Å²) in [5, 5.41) is 12.0. The zero-order valence-corrected chi connectivity index (χ0v) is 15.1. The summed E-state index contributed by atoms with van der Waals surface area (Å²) < 4.78 is 5.54. The SMILES string of the molecule is CC1Oc2ccc(C(=O)CCC(=O)Nc3cccc(O)c3)cc2N(C)C1=O. The summed E-state index contributed by atoms with van der Waals surface area (Å²) in [7, 11) is 1.64. The summed E-state index contributed by atoms with van der Waals surface area (Å²) in [6.07, 6.45) is -0.531. The zero-order valence-electron chi connectivity index (χ0n) is 15.1. The van der Waals surface area contributed by atoms with Gasteiger partial charge in [0.15, 0.2) is 11.9 Å². The summed E-state index contributed by atoms with van der Waals surface area (Å²) in [6.45, 7) is 1.67. The van der Waals surface area contributed by atoms with Crippen LogP contribution in [0.3, 0.4) is 0 Å². The number of nitrogens with one attached hydrogen (secondary N) is 1. The Labute approximate surface area is 156 Å². The van der Waals surface area contributed by atoms with Crippen LogP contribution in [0.15, 0.2) is 42.5 Å². The number of ketones is 1. The Morgan fingerprint density at radius 3 is 2.70 bits per heavy atom. The molecule has 1 aliphatic heterocycles. The van der Waals surface area contributed by atoms with Crippen LogP contribution in [0.25, 0.3) is 0 Å². The van der Waals surface area contributed by atoms with Crippen LogP contribution in [-0.2, 0) is 9.59 Å². The van der Waals surface area contributed by atoms with Gasteiger partial charge in [-0.05, 0) is 37.3 Å². The van der Waals surface area contributed by atoms with E-state index in [1.54, 1.807) is 44.3 Å². The lowest BCUT2D eigenvalue weighted by Crippen LogP contribution is -2.42. The van der Waals surface area contributed by atoms with Crippen molar-refractivity contribution < 1.29 is 24.2 Å². The molecule has 0 saturated carbocycles. The third-order valence-electron chi connectivity index (χ3n) is 4.33. The van der Waals surface area contributed by atoms with Crippen LogP contribution in [0.2, 0.25) is 0 Å². The van der Waals surface area contributed by atoms with Gasteiger partial charge in [-0.15, -0.1) is 0 Å². The standard InChI is InChI=1S/C20H20N2O5/c1-12-20(26)22(2)16-10-13(6-8-18(16)27-12)17(24)7-9-19(25)21-14-4-3-5-15(23)11-14/h3-6,8,10-12,23H,7,9H2,1-2H3,(H,21,25). The van der Waals surface area contributed by atoms with Gasteiger partial charge in [0.2, 0.25) is 5.91 Å². The maximum absolute atomic E-state index is 12.4. The number of fused-ring (bicyclic) bond motifs is 1. The number of aromatic hydroxyl groups is 1. The van der Waals surface area contributed by atoms with Crippen LogP contribution in [-0.4, -0.2) is 35.9 Å². The molecular weight excluding hydrogens is 348 g/mol. The fraction of sp³-hybridized carbons (Fsp3) is 0.250. The smallest absolute Gasteiger partial charge is 0.267 e. The van der Waals surface area contributed by atoms with Crippen LogP contribution < -0.4 is 15.0 Å². The molecule has 0 radical (unpaired) electrons. The van der Waals surface area contributed by atoms with Crippen molar-refractivity contribution in [1.82, 2.24) is 0 Å². The average Bonchev–Trinajstić information content (AvgIpc) is 2.64. The summed E-state index contributed by atoms with van der Waals surface area (Å²) in [6, 6.07) is 11.1. The topological polar surface area (TPSA) is 95.9 Å².